The number of nitrogens with zero attached hydrogens (tertiary/aromatic N) is 1. The van der Waals surface area contributed by atoms with Crippen molar-refractivity contribution in [2.45, 2.75) is 13.8 Å². The van der Waals surface area contributed by atoms with Crippen molar-refractivity contribution in [2.24, 2.45) is 10.9 Å². The van der Waals surface area contributed by atoms with Crippen LogP contribution in [0.1, 0.15) is 13.8 Å². The normalized spacial score (nSPS) is 12.8. The fraction of sp³-hybridized carbons (Fsp3) is 0.909. The maximum atomic E-state index is 10.8. The zero-order valence-electron chi connectivity index (χ0n) is 11.7. The van der Waals surface area contributed by atoms with E-state index in [1.54, 1.807) is 7.05 Å². The van der Waals surface area contributed by atoms with Crippen LogP contribution < -0.4 is 10.6 Å². The van der Waals surface area contributed by atoms with Crippen LogP contribution >= 0.6 is 0 Å². The van der Waals surface area contributed by atoms with E-state index in [-0.39, 0.29) is 12.4 Å². The number of sulfone groups is 1. The van der Waals surface area contributed by atoms with Crippen LogP contribution in [0.25, 0.3) is 0 Å². The van der Waals surface area contributed by atoms with Crippen LogP contribution in [0, 0.1) is 5.92 Å². The number of hydrogen-bond donors (Lipinski definition) is 2. The molecule has 0 aliphatic heterocycles. The van der Waals surface area contributed by atoms with E-state index in [2.05, 4.69) is 29.5 Å². The summed E-state index contributed by atoms with van der Waals surface area (Å²) in [5.41, 5.74) is 0. The minimum atomic E-state index is -2.93. The highest BCUT2D eigenvalue weighted by Crippen LogP contribution is 1.87. The molecule has 0 bridgehead atoms. The molecule has 0 fully saturated rings. The Morgan fingerprint density at radius 1 is 1.28 bits per heavy atom. The van der Waals surface area contributed by atoms with Crippen LogP contribution in [-0.4, -0.2) is 59.7 Å². The van der Waals surface area contributed by atoms with Gasteiger partial charge in [0, 0.05) is 26.4 Å². The zero-order valence-corrected chi connectivity index (χ0v) is 12.5. The Bertz CT molecular complexity index is 339. The van der Waals surface area contributed by atoms with Crippen molar-refractivity contribution in [3.8, 4) is 0 Å². The van der Waals surface area contributed by atoms with Gasteiger partial charge < -0.3 is 15.4 Å². The quantitative estimate of drug-likeness (QED) is 0.367. The lowest BCUT2D eigenvalue weighted by molar-refractivity contribution is 0.154. The fourth-order valence-corrected chi connectivity index (χ4v) is 1.50. The molecule has 0 aromatic rings. The third-order valence-corrected chi connectivity index (χ3v) is 2.95. The fourth-order valence-electron chi connectivity index (χ4n) is 1.08. The van der Waals surface area contributed by atoms with Crippen molar-refractivity contribution in [3.63, 3.8) is 0 Å². The van der Waals surface area contributed by atoms with E-state index in [0.29, 0.717) is 19.1 Å². The molecule has 0 aromatic heterocycles. The lowest BCUT2D eigenvalue weighted by Gasteiger charge is -2.13. The number of rotatable bonds is 8. The zero-order chi connectivity index (χ0) is 14.0. The highest BCUT2D eigenvalue weighted by atomic mass is 32.2. The summed E-state index contributed by atoms with van der Waals surface area (Å²) in [4.78, 5) is 4.06. The van der Waals surface area contributed by atoms with Gasteiger partial charge >= 0.3 is 0 Å². The van der Waals surface area contributed by atoms with E-state index in [0.717, 1.165) is 12.5 Å². The summed E-state index contributed by atoms with van der Waals surface area (Å²) in [5, 5.41) is 6.26. The minimum absolute atomic E-state index is 0.0628. The van der Waals surface area contributed by atoms with Crippen LogP contribution in [-0.2, 0) is 14.6 Å². The molecule has 0 aliphatic rings. The van der Waals surface area contributed by atoms with Crippen LogP contribution in [0.15, 0.2) is 4.99 Å². The van der Waals surface area contributed by atoms with Gasteiger partial charge in [-0.15, -0.1) is 0 Å². The van der Waals surface area contributed by atoms with Crippen molar-refractivity contribution in [1.29, 1.82) is 0 Å². The molecule has 0 amide bonds. The third kappa shape index (κ3) is 11.7. The lowest BCUT2D eigenvalue weighted by atomic mass is 10.2. The Morgan fingerprint density at radius 3 is 2.44 bits per heavy atom. The summed E-state index contributed by atoms with van der Waals surface area (Å²) in [5.74, 6) is 1.35. The molecule has 18 heavy (non-hydrogen) atoms. The van der Waals surface area contributed by atoms with Crippen LogP contribution in [0.2, 0.25) is 0 Å². The van der Waals surface area contributed by atoms with Gasteiger partial charge in [0.25, 0.3) is 0 Å². The summed E-state index contributed by atoms with van der Waals surface area (Å²) >= 11 is 0. The Morgan fingerprint density at radius 2 is 1.94 bits per heavy atom. The van der Waals surface area contributed by atoms with Crippen molar-refractivity contribution < 1.29 is 13.2 Å². The molecule has 2 N–H and O–H groups in total. The van der Waals surface area contributed by atoms with E-state index in [9.17, 15) is 8.42 Å². The van der Waals surface area contributed by atoms with Crippen LogP contribution in [0.4, 0.5) is 0 Å². The standard InChI is InChI=1S/C11H25N3O3S/c1-10(2)9-14-11(12-3)13-5-6-17-7-8-18(4,15)16/h10H,5-9H2,1-4H3,(H2,12,13,14). The molecule has 0 aromatic carbocycles. The molecule has 0 heterocycles. The van der Waals surface area contributed by atoms with Gasteiger partial charge in [-0.2, -0.15) is 0 Å². The smallest absolute Gasteiger partial charge is 0.191 e. The third-order valence-electron chi connectivity index (χ3n) is 2.04. The number of ether oxygens (including phenoxy) is 1. The first-order valence-corrected chi connectivity index (χ1v) is 8.11. The van der Waals surface area contributed by atoms with Gasteiger partial charge in [-0.3, -0.25) is 4.99 Å². The van der Waals surface area contributed by atoms with Gasteiger partial charge in [0.05, 0.1) is 19.0 Å². The van der Waals surface area contributed by atoms with Crippen molar-refractivity contribution in [2.75, 3.05) is 45.4 Å². The van der Waals surface area contributed by atoms with E-state index >= 15 is 0 Å². The maximum Gasteiger partial charge on any atom is 0.191 e. The molecule has 0 saturated heterocycles. The van der Waals surface area contributed by atoms with E-state index in [1.165, 1.54) is 6.26 Å². The van der Waals surface area contributed by atoms with Gasteiger partial charge in [-0.25, -0.2) is 8.42 Å². The highest BCUT2D eigenvalue weighted by Gasteiger charge is 2.01. The first kappa shape index (κ1) is 17.2. The van der Waals surface area contributed by atoms with Gasteiger partial charge in [0.2, 0.25) is 0 Å². The van der Waals surface area contributed by atoms with Crippen LogP contribution in [0.3, 0.4) is 0 Å². The molecule has 6 nitrogen and oxygen atoms in total. The predicted octanol–water partition coefficient (Wildman–Crippen LogP) is -0.131. The average Bonchev–Trinajstić information content (AvgIpc) is 2.25. The van der Waals surface area contributed by atoms with Crippen molar-refractivity contribution in [3.05, 3.63) is 0 Å². The second kappa shape index (κ2) is 9.16. The van der Waals surface area contributed by atoms with E-state index in [4.69, 9.17) is 4.74 Å². The number of aliphatic imine (C=N–C) groups is 1. The van der Waals surface area contributed by atoms with Crippen molar-refractivity contribution in [1.82, 2.24) is 10.6 Å². The second-order valence-corrected chi connectivity index (χ2v) is 6.78. The topological polar surface area (TPSA) is 79.8 Å². The summed E-state index contributed by atoms with van der Waals surface area (Å²) in [6.45, 7) is 6.38. The molecule has 0 rings (SSSR count). The number of guanidine groups is 1. The Hall–Kier alpha value is -0.820. The Balaban J connectivity index is 3.58. The summed E-state index contributed by atoms with van der Waals surface area (Å²) in [6, 6.07) is 0. The molecule has 108 valence electrons. The van der Waals surface area contributed by atoms with E-state index < -0.39 is 9.84 Å². The molecule has 0 aliphatic carbocycles. The van der Waals surface area contributed by atoms with Crippen LogP contribution in [0.5, 0.6) is 0 Å². The first-order chi connectivity index (χ1) is 8.35. The predicted molar refractivity (Wildman–Crippen MR) is 74.7 cm³/mol. The highest BCUT2D eigenvalue weighted by molar-refractivity contribution is 7.90. The summed E-state index contributed by atoms with van der Waals surface area (Å²) < 4.78 is 26.9. The molecule has 0 radical (unpaired) electrons. The number of hydrogen-bond acceptors (Lipinski definition) is 4. The number of nitrogens with one attached hydrogen (secondary N) is 2. The molecular formula is C11H25N3O3S. The lowest BCUT2D eigenvalue weighted by Crippen LogP contribution is -2.40. The molecule has 7 heteroatoms. The van der Waals surface area contributed by atoms with E-state index in [1.807, 2.05) is 0 Å². The van der Waals surface area contributed by atoms with Gasteiger partial charge in [-0.1, -0.05) is 13.8 Å². The SMILES string of the molecule is CN=C(NCCOCCS(C)(=O)=O)NCC(C)C. The van der Waals surface area contributed by atoms with Gasteiger partial charge in [0.1, 0.15) is 9.84 Å². The molecule has 0 unspecified atom stereocenters. The molecule has 0 spiro atoms. The Kier molecular flexibility index (Phi) is 8.74. The maximum absolute atomic E-state index is 10.8. The summed E-state index contributed by atoms with van der Waals surface area (Å²) in [7, 11) is -1.22. The van der Waals surface area contributed by atoms with Crippen molar-refractivity contribution >= 4 is 15.8 Å². The first-order valence-electron chi connectivity index (χ1n) is 6.05. The summed E-state index contributed by atoms with van der Waals surface area (Å²) in [6.07, 6.45) is 1.20. The molecule has 0 atom stereocenters. The molecule has 0 saturated carbocycles. The monoisotopic (exact) mass is 279 g/mol. The molecular weight excluding hydrogens is 254 g/mol. The largest absolute Gasteiger partial charge is 0.379 e. The Labute approximate surface area is 110 Å². The van der Waals surface area contributed by atoms with Gasteiger partial charge in [0.15, 0.2) is 5.96 Å². The average molecular weight is 279 g/mol. The minimum Gasteiger partial charge on any atom is -0.379 e. The second-order valence-electron chi connectivity index (χ2n) is 4.52. The van der Waals surface area contributed by atoms with Gasteiger partial charge in [-0.05, 0) is 5.92 Å².